The fourth-order valence-electron chi connectivity index (χ4n) is 4.39. The number of aromatic nitrogens is 1. The van der Waals surface area contributed by atoms with Crippen molar-refractivity contribution in [3.05, 3.63) is 53.1 Å². The van der Waals surface area contributed by atoms with Gasteiger partial charge in [0.25, 0.3) is 5.91 Å². The molecule has 1 aromatic carbocycles. The number of aryl methyl sites for hydroxylation is 1. The lowest BCUT2D eigenvalue weighted by molar-refractivity contribution is -0.157. The van der Waals surface area contributed by atoms with E-state index >= 15 is 0 Å². The molecule has 4 rings (SSSR count). The van der Waals surface area contributed by atoms with E-state index in [-0.39, 0.29) is 35.3 Å². The summed E-state index contributed by atoms with van der Waals surface area (Å²) < 4.78 is 30.1. The molecule has 1 aromatic heterocycles. The molecule has 9 heteroatoms. The van der Waals surface area contributed by atoms with E-state index in [1.165, 1.54) is 45.4 Å². The molecule has 2 unspecified atom stereocenters. The van der Waals surface area contributed by atoms with Crippen molar-refractivity contribution in [3.8, 4) is 11.5 Å². The Bertz CT molecular complexity index is 1180. The lowest BCUT2D eigenvalue weighted by Crippen LogP contribution is -2.52. The fourth-order valence-corrected chi connectivity index (χ4v) is 4.39. The van der Waals surface area contributed by atoms with Gasteiger partial charge in [0.1, 0.15) is 17.5 Å². The van der Waals surface area contributed by atoms with E-state index in [9.17, 15) is 18.8 Å². The Hall–Kier alpha value is -3.49. The van der Waals surface area contributed by atoms with Crippen molar-refractivity contribution in [2.24, 2.45) is 5.92 Å². The molecule has 1 heterocycles. The van der Waals surface area contributed by atoms with Crippen LogP contribution in [0.15, 0.2) is 30.5 Å². The summed E-state index contributed by atoms with van der Waals surface area (Å²) in [5.41, 5.74) is 0.289. The number of fused-ring (bicyclic) bond motifs is 1. The van der Waals surface area contributed by atoms with Crippen molar-refractivity contribution in [2.45, 2.75) is 70.4 Å². The van der Waals surface area contributed by atoms with Gasteiger partial charge in [0.05, 0.1) is 7.11 Å². The van der Waals surface area contributed by atoms with E-state index in [1.807, 2.05) is 6.92 Å². The topological polar surface area (TPSA) is 104 Å². The normalized spacial score (nSPS) is 19.1. The zero-order chi connectivity index (χ0) is 26.0. The number of ether oxygens (including phenoxy) is 3. The van der Waals surface area contributed by atoms with Gasteiger partial charge in [-0.2, -0.15) is 0 Å². The number of benzene rings is 1. The van der Waals surface area contributed by atoms with Crippen LogP contribution < -0.4 is 14.8 Å². The highest BCUT2D eigenvalue weighted by molar-refractivity contribution is 5.99. The summed E-state index contributed by atoms with van der Waals surface area (Å²) in [4.78, 5) is 42.7. The summed E-state index contributed by atoms with van der Waals surface area (Å²) >= 11 is 0. The van der Waals surface area contributed by atoms with Gasteiger partial charge >= 0.3 is 11.9 Å². The molecule has 8 nitrogen and oxygen atoms in total. The van der Waals surface area contributed by atoms with Crippen LogP contribution in [0.5, 0.6) is 11.5 Å². The second-order valence-corrected chi connectivity index (χ2v) is 10.0. The third-order valence-electron chi connectivity index (χ3n) is 6.72. The first-order valence-electron chi connectivity index (χ1n) is 12.1. The lowest BCUT2D eigenvalue weighted by atomic mass is 9.81. The lowest BCUT2D eigenvalue weighted by Gasteiger charge is -2.34. The second-order valence-electron chi connectivity index (χ2n) is 10.0. The Labute approximate surface area is 209 Å². The summed E-state index contributed by atoms with van der Waals surface area (Å²) in [5.74, 6) is -1.80. The molecule has 2 atom stereocenters. The predicted molar refractivity (Wildman–Crippen MR) is 128 cm³/mol. The van der Waals surface area contributed by atoms with Crippen molar-refractivity contribution in [2.75, 3.05) is 7.11 Å². The largest absolute Gasteiger partial charge is 0.493 e. The first kappa shape index (κ1) is 25.6. The Morgan fingerprint density at radius 2 is 1.92 bits per heavy atom. The number of pyridine rings is 1. The Kier molecular flexibility index (Phi) is 7.28. The number of esters is 2. The van der Waals surface area contributed by atoms with Crippen LogP contribution in [0.4, 0.5) is 4.39 Å². The molecule has 1 N–H and O–H groups in total. The number of nitrogens with one attached hydrogen (secondary N) is 1. The quantitative estimate of drug-likeness (QED) is 0.547. The molecule has 2 aliphatic carbocycles. The summed E-state index contributed by atoms with van der Waals surface area (Å²) in [7, 11) is 1.40. The number of rotatable bonds is 8. The Morgan fingerprint density at radius 3 is 2.61 bits per heavy atom. The van der Waals surface area contributed by atoms with Gasteiger partial charge in [-0.25, -0.2) is 14.2 Å². The Morgan fingerprint density at radius 1 is 1.17 bits per heavy atom. The van der Waals surface area contributed by atoms with Crippen molar-refractivity contribution in [1.82, 2.24) is 10.3 Å². The third kappa shape index (κ3) is 5.66. The van der Waals surface area contributed by atoms with Gasteiger partial charge in [-0.05, 0) is 68.7 Å². The zero-order valence-corrected chi connectivity index (χ0v) is 20.9. The van der Waals surface area contributed by atoms with Crippen molar-refractivity contribution < 1.29 is 33.0 Å². The highest BCUT2D eigenvalue weighted by Gasteiger charge is 2.38. The minimum absolute atomic E-state index is 0.0861. The zero-order valence-electron chi connectivity index (χ0n) is 20.9. The maximum atomic E-state index is 13.6. The number of methoxy groups -OCH3 is 1. The summed E-state index contributed by atoms with van der Waals surface area (Å²) in [5, 5.41) is 2.65. The fraction of sp³-hybridized carbons (Fsp3) is 0.481. The molecule has 0 saturated heterocycles. The number of nitrogens with zero attached hydrogens (tertiary/aromatic N) is 1. The molecule has 1 amide bonds. The summed E-state index contributed by atoms with van der Waals surface area (Å²) in [6.07, 6.45) is 4.29. The monoisotopic (exact) mass is 498 g/mol. The van der Waals surface area contributed by atoms with Crippen LogP contribution in [0.25, 0.3) is 0 Å². The molecular weight excluding hydrogens is 467 g/mol. The molecule has 1 fully saturated rings. The second kappa shape index (κ2) is 10.2. The predicted octanol–water partition coefficient (Wildman–Crippen LogP) is 4.10. The third-order valence-corrected chi connectivity index (χ3v) is 6.72. The van der Waals surface area contributed by atoms with Crippen molar-refractivity contribution >= 4 is 17.8 Å². The minimum atomic E-state index is -1.40. The number of carbonyl (C=O) groups is 3. The van der Waals surface area contributed by atoms with Gasteiger partial charge in [0.15, 0.2) is 11.4 Å². The van der Waals surface area contributed by atoms with Gasteiger partial charge in [-0.3, -0.25) is 9.59 Å². The smallest absolute Gasteiger partial charge is 0.331 e. The molecule has 1 saturated carbocycles. The highest BCUT2D eigenvalue weighted by atomic mass is 19.1. The van der Waals surface area contributed by atoms with Crippen LogP contribution in [0, 0.1) is 11.7 Å². The van der Waals surface area contributed by atoms with Crippen LogP contribution in [0.3, 0.4) is 0 Å². The molecule has 0 aliphatic heterocycles. The Balaban J connectivity index is 1.45. The minimum Gasteiger partial charge on any atom is -0.493 e. The number of amides is 1. The number of halogens is 1. The van der Waals surface area contributed by atoms with E-state index in [1.54, 1.807) is 6.07 Å². The maximum Gasteiger partial charge on any atom is 0.331 e. The average molecular weight is 499 g/mol. The van der Waals surface area contributed by atoms with Crippen molar-refractivity contribution in [3.63, 3.8) is 0 Å². The maximum absolute atomic E-state index is 13.6. The van der Waals surface area contributed by atoms with E-state index in [4.69, 9.17) is 14.2 Å². The molecule has 36 heavy (non-hydrogen) atoms. The first-order valence-corrected chi connectivity index (χ1v) is 12.1. The van der Waals surface area contributed by atoms with Crippen LogP contribution in [-0.2, 0) is 20.7 Å². The average Bonchev–Trinajstić information content (AvgIpc) is 3.64. The van der Waals surface area contributed by atoms with Gasteiger partial charge in [-0.1, -0.05) is 13.0 Å². The molecule has 2 aromatic rings. The van der Waals surface area contributed by atoms with E-state index in [0.29, 0.717) is 18.8 Å². The van der Waals surface area contributed by atoms with Gasteiger partial charge in [-0.15, -0.1) is 0 Å². The number of hydrogen-bond acceptors (Lipinski definition) is 7. The summed E-state index contributed by atoms with van der Waals surface area (Å²) in [6.45, 7) is 4.99. The molecule has 0 spiro atoms. The van der Waals surface area contributed by atoms with Gasteiger partial charge < -0.3 is 19.5 Å². The standard InChI is InChI=1S/C27H31FN2O6/c1-15-19-9-8-18(28)14-17(19)7-10-20(15)35-26(33)27(2,3)30-25(32)23-24(21(34-4)11-12-29-23)36-22(31)13-16-5-6-16/h8-9,11-12,14-16,20H,5-7,10,13H2,1-4H3,(H,30,32). The molecule has 0 radical (unpaired) electrons. The molecular formula is C27H31FN2O6. The van der Waals surface area contributed by atoms with Crippen LogP contribution >= 0.6 is 0 Å². The number of hydrogen-bond donors (Lipinski definition) is 1. The van der Waals surface area contributed by atoms with Crippen LogP contribution in [-0.4, -0.2) is 41.6 Å². The SMILES string of the molecule is COc1ccnc(C(=O)NC(C)(C)C(=O)OC2CCc3cc(F)ccc3C2C)c1OC(=O)CC1CC1. The van der Waals surface area contributed by atoms with E-state index in [2.05, 4.69) is 10.3 Å². The van der Waals surface area contributed by atoms with Crippen LogP contribution in [0.1, 0.15) is 74.0 Å². The number of carbonyl (C=O) groups excluding carboxylic acids is 3. The molecule has 2 aliphatic rings. The van der Waals surface area contributed by atoms with E-state index < -0.39 is 29.5 Å². The molecule has 192 valence electrons. The highest BCUT2D eigenvalue weighted by Crippen LogP contribution is 2.36. The van der Waals surface area contributed by atoms with Gasteiger partial charge in [0, 0.05) is 24.6 Å². The van der Waals surface area contributed by atoms with Crippen LogP contribution in [0.2, 0.25) is 0 Å². The summed E-state index contributed by atoms with van der Waals surface area (Å²) in [6, 6.07) is 6.14. The first-order chi connectivity index (χ1) is 17.1. The van der Waals surface area contributed by atoms with Gasteiger partial charge in [0.2, 0.25) is 5.75 Å². The van der Waals surface area contributed by atoms with Crippen molar-refractivity contribution in [1.29, 1.82) is 0 Å². The molecule has 0 bridgehead atoms. The van der Waals surface area contributed by atoms with E-state index in [0.717, 1.165) is 24.0 Å².